The summed E-state index contributed by atoms with van der Waals surface area (Å²) in [6, 6.07) is 0. The highest BCUT2D eigenvalue weighted by Crippen LogP contribution is 1.98. The van der Waals surface area contributed by atoms with Crippen LogP contribution in [0, 0.1) is 0 Å². The lowest BCUT2D eigenvalue weighted by Gasteiger charge is -1.98. The highest BCUT2D eigenvalue weighted by Gasteiger charge is 1.95. The summed E-state index contributed by atoms with van der Waals surface area (Å²) in [5.41, 5.74) is 0. The highest BCUT2D eigenvalue weighted by molar-refractivity contribution is 7.84. The van der Waals surface area contributed by atoms with E-state index in [2.05, 4.69) is 12.6 Å². The van der Waals surface area contributed by atoms with Gasteiger partial charge in [0.2, 0.25) is 0 Å². The van der Waals surface area contributed by atoms with Crippen LogP contribution in [0.4, 0.5) is 0 Å². The number of thiol groups is 1. The Hall–Kier alpha value is -0.440. The van der Waals surface area contributed by atoms with Crippen molar-refractivity contribution < 1.29 is 9.53 Å². The Morgan fingerprint density at radius 2 is 2.27 bits per heavy atom. The van der Waals surface area contributed by atoms with Crippen LogP contribution < -0.4 is 0 Å². The van der Waals surface area contributed by atoms with Gasteiger partial charge in [0.05, 0.1) is 6.61 Å². The first-order valence-electron chi connectivity index (χ1n) is 3.70. The topological polar surface area (TPSA) is 26.3 Å². The fraction of sp³-hybridized carbons (Fsp3) is 0.625. The molecule has 11 heavy (non-hydrogen) atoms. The molecule has 0 amide bonds. The largest absolute Gasteiger partial charge is 0.463 e. The van der Waals surface area contributed by atoms with Gasteiger partial charge in [-0.1, -0.05) is 13.3 Å². The molecule has 0 atom stereocenters. The minimum atomic E-state index is -0.300. The minimum absolute atomic E-state index is 0.300. The number of carbonyl (C=O) groups is 1. The van der Waals surface area contributed by atoms with Gasteiger partial charge >= 0.3 is 5.97 Å². The molecular weight excluding hydrogens is 160 g/mol. The van der Waals surface area contributed by atoms with E-state index in [0.29, 0.717) is 11.5 Å². The molecule has 0 radical (unpaired) electrons. The number of allylic oxidation sites excluding steroid dienone is 1. The van der Waals surface area contributed by atoms with Crippen LogP contribution in [0.25, 0.3) is 0 Å². The van der Waals surface area contributed by atoms with Gasteiger partial charge in [-0.05, 0) is 18.2 Å². The van der Waals surface area contributed by atoms with E-state index in [9.17, 15) is 4.79 Å². The molecule has 0 heterocycles. The molecule has 0 aromatic carbocycles. The van der Waals surface area contributed by atoms with Crippen LogP contribution in [0.1, 0.15) is 26.7 Å². The molecular formula is C8H14O2S. The van der Waals surface area contributed by atoms with Crippen molar-refractivity contribution in [3.05, 3.63) is 11.0 Å². The monoisotopic (exact) mass is 174 g/mol. The van der Waals surface area contributed by atoms with Crippen molar-refractivity contribution in [1.82, 2.24) is 0 Å². The molecule has 0 rings (SSSR count). The quantitative estimate of drug-likeness (QED) is 0.306. The third-order valence-electron chi connectivity index (χ3n) is 1.07. The summed E-state index contributed by atoms with van der Waals surface area (Å²) in [5, 5.41) is 0. The summed E-state index contributed by atoms with van der Waals surface area (Å²) in [6.07, 6.45) is 3.33. The van der Waals surface area contributed by atoms with E-state index in [1.54, 1.807) is 6.92 Å². The summed E-state index contributed by atoms with van der Waals surface area (Å²) >= 11 is 3.94. The van der Waals surface area contributed by atoms with Crippen LogP contribution in [0.5, 0.6) is 0 Å². The van der Waals surface area contributed by atoms with Gasteiger partial charge < -0.3 is 4.74 Å². The van der Waals surface area contributed by atoms with Crippen LogP contribution in [0.2, 0.25) is 0 Å². The molecule has 0 bridgehead atoms. The molecule has 0 N–H and O–H groups in total. The molecule has 0 aliphatic rings. The third kappa shape index (κ3) is 7.46. The first-order chi connectivity index (χ1) is 5.16. The predicted molar refractivity (Wildman–Crippen MR) is 48.6 cm³/mol. The van der Waals surface area contributed by atoms with E-state index < -0.39 is 0 Å². The smallest absolute Gasteiger partial charge is 0.331 e. The van der Waals surface area contributed by atoms with Crippen molar-refractivity contribution in [1.29, 1.82) is 0 Å². The average molecular weight is 174 g/mol. The van der Waals surface area contributed by atoms with E-state index in [4.69, 9.17) is 4.74 Å². The summed E-state index contributed by atoms with van der Waals surface area (Å²) in [4.78, 5) is 11.5. The Balaban J connectivity index is 3.46. The van der Waals surface area contributed by atoms with Crippen LogP contribution in [0.15, 0.2) is 11.0 Å². The summed E-state index contributed by atoms with van der Waals surface area (Å²) in [6.45, 7) is 4.30. The number of carbonyl (C=O) groups excluding carboxylic acids is 1. The van der Waals surface area contributed by atoms with Crippen molar-refractivity contribution in [3.63, 3.8) is 0 Å². The highest BCUT2D eigenvalue weighted by atomic mass is 32.1. The average Bonchev–Trinajstić information content (AvgIpc) is 1.86. The Bertz CT molecular complexity index is 148. The van der Waals surface area contributed by atoms with Crippen LogP contribution in [0.3, 0.4) is 0 Å². The maximum Gasteiger partial charge on any atom is 0.331 e. The molecule has 0 aromatic rings. The lowest BCUT2D eigenvalue weighted by atomic mass is 10.4. The molecule has 0 unspecified atom stereocenters. The second-order valence-corrected chi connectivity index (χ2v) is 3.01. The standard InChI is InChI=1S/C8H14O2S/c1-3-4-5-10-8(9)6-7(2)11/h6,11H,3-5H2,1-2H3/b7-6+. The molecule has 64 valence electrons. The second kappa shape index (κ2) is 6.28. The zero-order valence-electron chi connectivity index (χ0n) is 6.96. The molecule has 0 aliphatic carbocycles. The number of hydrogen-bond donors (Lipinski definition) is 1. The first-order valence-corrected chi connectivity index (χ1v) is 4.15. The van der Waals surface area contributed by atoms with Gasteiger partial charge in [-0.2, -0.15) is 0 Å². The number of rotatable bonds is 4. The molecule has 0 fully saturated rings. The summed E-state index contributed by atoms with van der Waals surface area (Å²) in [5.74, 6) is -0.300. The van der Waals surface area contributed by atoms with E-state index in [1.807, 2.05) is 6.92 Å². The van der Waals surface area contributed by atoms with E-state index in [1.165, 1.54) is 6.08 Å². The fourth-order valence-corrected chi connectivity index (χ4v) is 0.635. The lowest BCUT2D eigenvalue weighted by Crippen LogP contribution is -2.01. The number of ether oxygens (including phenoxy) is 1. The zero-order valence-corrected chi connectivity index (χ0v) is 7.86. The summed E-state index contributed by atoms with van der Waals surface area (Å²) in [7, 11) is 0. The molecule has 0 aliphatic heterocycles. The normalized spacial score (nSPS) is 11.4. The van der Waals surface area contributed by atoms with Gasteiger partial charge in [0, 0.05) is 6.08 Å². The van der Waals surface area contributed by atoms with E-state index in [-0.39, 0.29) is 5.97 Å². The molecule has 0 spiro atoms. The van der Waals surface area contributed by atoms with Crippen LogP contribution >= 0.6 is 12.6 Å². The van der Waals surface area contributed by atoms with Gasteiger partial charge in [0.15, 0.2) is 0 Å². The molecule has 2 nitrogen and oxygen atoms in total. The molecule has 3 heteroatoms. The van der Waals surface area contributed by atoms with E-state index >= 15 is 0 Å². The fourth-order valence-electron chi connectivity index (χ4n) is 0.529. The molecule has 0 aromatic heterocycles. The lowest BCUT2D eigenvalue weighted by molar-refractivity contribution is -0.137. The Morgan fingerprint density at radius 1 is 1.64 bits per heavy atom. The number of unbranched alkanes of at least 4 members (excludes halogenated alkanes) is 1. The van der Waals surface area contributed by atoms with Crippen LogP contribution in [-0.2, 0) is 9.53 Å². The Kier molecular flexibility index (Phi) is 6.03. The summed E-state index contributed by atoms with van der Waals surface area (Å²) < 4.78 is 4.83. The van der Waals surface area contributed by atoms with E-state index in [0.717, 1.165) is 12.8 Å². The second-order valence-electron chi connectivity index (χ2n) is 2.31. The van der Waals surface area contributed by atoms with Crippen LogP contribution in [-0.4, -0.2) is 12.6 Å². The van der Waals surface area contributed by atoms with Gasteiger partial charge in [0.25, 0.3) is 0 Å². The minimum Gasteiger partial charge on any atom is -0.463 e. The zero-order chi connectivity index (χ0) is 8.69. The van der Waals surface area contributed by atoms with Crippen molar-refractivity contribution in [3.8, 4) is 0 Å². The molecule has 0 saturated carbocycles. The third-order valence-corrected chi connectivity index (χ3v) is 1.20. The molecule has 0 saturated heterocycles. The van der Waals surface area contributed by atoms with Gasteiger partial charge in [0.1, 0.15) is 0 Å². The van der Waals surface area contributed by atoms with Gasteiger partial charge in [-0.3, -0.25) is 0 Å². The van der Waals surface area contributed by atoms with Crippen molar-refractivity contribution >= 4 is 18.6 Å². The maximum absolute atomic E-state index is 10.8. The van der Waals surface area contributed by atoms with Gasteiger partial charge in [-0.25, -0.2) is 4.79 Å². The Labute approximate surface area is 73.0 Å². The predicted octanol–water partition coefficient (Wildman–Crippen LogP) is 2.16. The van der Waals surface area contributed by atoms with Gasteiger partial charge in [-0.15, -0.1) is 12.6 Å². The SMILES string of the molecule is CCCCOC(=O)/C=C(\C)S. The maximum atomic E-state index is 10.8. The number of hydrogen-bond acceptors (Lipinski definition) is 3. The van der Waals surface area contributed by atoms with Crippen molar-refractivity contribution in [2.24, 2.45) is 0 Å². The Morgan fingerprint density at radius 3 is 2.73 bits per heavy atom. The van der Waals surface area contributed by atoms with Crippen molar-refractivity contribution in [2.75, 3.05) is 6.61 Å². The number of esters is 1. The first kappa shape index (κ1) is 10.6. The van der Waals surface area contributed by atoms with Crippen molar-refractivity contribution in [2.45, 2.75) is 26.7 Å².